The summed E-state index contributed by atoms with van der Waals surface area (Å²) < 4.78 is 5.19. The molecule has 148 valence electrons. The Morgan fingerprint density at radius 3 is 2.56 bits per heavy atom. The molecule has 0 fully saturated rings. The van der Waals surface area contributed by atoms with Crippen molar-refractivity contribution in [3.05, 3.63) is 47.2 Å². The number of hydrogen-bond acceptors (Lipinski definition) is 3. The maximum atomic E-state index is 12.9. The summed E-state index contributed by atoms with van der Waals surface area (Å²) in [5.74, 6) is 0.0478. The zero-order valence-corrected chi connectivity index (χ0v) is 16.7. The lowest BCUT2D eigenvalue weighted by Crippen LogP contribution is -3.08. The Kier molecular flexibility index (Phi) is 8.48. The molecule has 2 amide bonds. The van der Waals surface area contributed by atoms with Gasteiger partial charge in [0, 0.05) is 37.5 Å². The van der Waals surface area contributed by atoms with Crippen LogP contribution in [0.4, 0.5) is 0 Å². The fraction of sp³-hybridized carbons (Fsp3) is 0.524. The van der Waals surface area contributed by atoms with Crippen LogP contribution in [0.1, 0.15) is 41.6 Å². The molecule has 0 aromatic heterocycles. The lowest BCUT2D eigenvalue weighted by atomic mass is 10.0. The van der Waals surface area contributed by atoms with E-state index in [1.807, 2.05) is 36.2 Å². The molecule has 1 atom stereocenters. The fourth-order valence-electron chi connectivity index (χ4n) is 3.36. The maximum absolute atomic E-state index is 12.9. The van der Waals surface area contributed by atoms with E-state index >= 15 is 0 Å². The van der Waals surface area contributed by atoms with Gasteiger partial charge in [-0.15, -0.1) is 0 Å². The highest BCUT2D eigenvalue weighted by atomic mass is 16.5. The number of ether oxygens (including phenoxy) is 1. The van der Waals surface area contributed by atoms with Gasteiger partial charge in [-0.25, -0.2) is 0 Å². The second-order valence-electron chi connectivity index (χ2n) is 7.07. The number of benzene rings is 1. The second kappa shape index (κ2) is 10.8. The first kappa shape index (κ1) is 21.1. The van der Waals surface area contributed by atoms with Gasteiger partial charge in [-0.3, -0.25) is 9.59 Å². The van der Waals surface area contributed by atoms with Crippen LogP contribution in [0.15, 0.2) is 36.0 Å². The van der Waals surface area contributed by atoms with Crippen molar-refractivity contribution in [3.8, 4) is 0 Å². The number of hydrogen-bond donors (Lipinski definition) is 2. The summed E-state index contributed by atoms with van der Waals surface area (Å²) in [4.78, 5) is 27.5. The Labute approximate surface area is 162 Å². The SMILES string of the molecule is CNC(=O)c1ccc(C[NH+](C)CC(=O)N(CCOC)C2=CCCCC2)cc1. The number of nitrogens with zero attached hydrogens (tertiary/aromatic N) is 1. The molecule has 0 radical (unpaired) electrons. The number of methoxy groups -OCH3 is 1. The van der Waals surface area contributed by atoms with Crippen LogP contribution in [0.25, 0.3) is 0 Å². The minimum Gasteiger partial charge on any atom is -0.383 e. The Balaban J connectivity index is 1.95. The lowest BCUT2D eigenvalue weighted by Gasteiger charge is -2.28. The van der Waals surface area contributed by atoms with Crippen molar-refractivity contribution >= 4 is 11.8 Å². The molecule has 1 aromatic rings. The molecule has 0 heterocycles. The molecule has 0 bridgehead atoms. The summed E-state index contributed by atoms with van der Waals surface area (Å²) in [7, 11) is 5.31. The smallest absolute Gasteiger partial charge is 0.281 e. The molecule has 2 rings (SSSR count). The molecule has 0 aliphatic heterocycles. The number of allylic oxidation sites excluding steroid dienone is 2. The van der Waals surface area contributed by atoms with Crippen LogP contribution in [0.2, 0.25) is 0 Å². The molecule has 6 heteroatoms. The van der Waals surface area contributed by atoms with Crippen LogP contribution in [0, 0.1) is 0 Å². The van der Waals surface area contributed by atoms with E-state index in [-0.39, 0.29) is 11.8 Å². The second-order valence-corrected chi connectivity index (χ2v) is 7.07. The van der Waals surface area contributed by atoms with Gasteiger partial charge in [0.2, 0.25) is 0 Å². The van der Waals surface area contributed by atoms with Gasteiger partial charge >= 0.3 is 0 Å². The van der Waals surface area contributed by atoms with Crippen molar-refractivity contribution in [2.75, 3.05) is 40.9 Å². The monoisotopic (exact) mass is 374 g/mol. The van der Waals surface area contributed by atoms with E-state index in [4.69, 9.17) is 4.74 Å². The zero-order valence-electron chi connectivity index (χ0n) is 16.7. The summed E-state index contributed by atoms with van der Waals surface area (Å²) in [5, 5.41) is 2.62. The third-order valence-electron chi connectivity index (χ3n) is 4.84. The summed E-state index contributed by atoms with van der Waals surface area (Å²) in [6.07, 6.45) is 6.56. The Morgan fingerprint density at radius 2 is 1.96 bits per heavy atom. The van der Waals surface area contributed by atoms with Gasteiger partial charge in [0.1, 0.15) is 6.54 Å². The van der Waals surface area contributed by atoms with Crippen molar-refractivity contribution < 1.29 is 19.2 Å². The Bertz CT molecular complexity index is 655. The molecule has 1 aromatic carbocycles. The number of nitrogens with one attached hydrogen (secondary N) is 2. The Morgan fingerprint density at radius 1 is 1.22 bits per heavy atom. The molecule has 1 aliphatic rings. The lowest BCUT2D eigenvalue weighted by molar-refractivity contribution is -0.885. The van der Waals surface area contributed by atoms with Gasteiger partial charge < -0.3 is 19.9 Å². The number of rotatable bonds is 9. The minimum atomic E-state index is -0.0908. The van der Waals surface area contributed by atoms with Crippen LogP contribution in [-0.2, 0) is 16.1 Å². The van der Waals surface area contributed by atoms with Crippen molar-refractivity contribution in [1.82, 2.24) is 10.2 Å². The third-order valence-corrected chi connectivity index (χ3v) is 4.84. The van der Waals surface area contributed by atoms with Gasteiger partial charge in [0.05, 0.1) is 13.7 Å². The van der Waals surface area contributed by atoms with Gasteiger partial charge in [-0.1, -0.05) is 18.2 Å². The van der Waals surface area contributed by atoms with Gasteiger partial charge in [0.15, 0.2) is 6.54 Å². The molecule has 0 saturated heterocycles. The van der Waals surface area contributed by atoms with E-state index in [1.54, 1.807) is 14.2 Å². The quantitative estimate of drug-likeness (QED) is 0.678. The van der Waals surface area contributed by atoms with Gasteiger partial charge in [0.25, 0.3) is 11.8 Å². The molecule has 1 aliphatic carbocycles. The molecule has 0 saturated carbocycles. The first-order chi connectivity index (χ1) is 13.0. The molecule has 6 nitrogen and oxygen atoms in total. The first-order valence-corrected chi connectivity index (χ1v) is 9.65. The van der Waals surface area contributed by atoms with E-state index in [9.17, 15) is 9.59 Å². The van der Waals surface area contributed by atoms with Crippen molar-refractivity contribution in [2.24, 2.45) is 0 Å². The normalized spacial score (nSPS) is 15.0. The van der Waals surface area contributed by atoms with Gasteiger partial charge in [-0.2, -0.15) is 0 Å². The molecule has 2 N–H and O–H groups in total. The number of amides is 2. The fourth-order valence-corrected chi connectivity index (χ4v) is 3.36. The first-order valence-electron chi connectivity index (χ1n) is 9.65. The van der Waals surface area contributed by atoms with Crippen LogP contribution in [0.5, 0.6) is 0 Å². The number of carbonyl (C=O) groups is 2. The van der Waals surface area contributed by atoms with E-state index < -0.39 is 0 Å². The summed E-state index contributed by atoms with van der Waals surface area (Å²) >= 11 is 0. The number of carbonyl (C=O) groups excluding carboxylic acids is 2. The molecular formula is C21H32N3O3+. The number of likely N-dealkylation sites (N-methyl/N-ethyl adjacent to an activating group) is 1. The zero-order chi connectivity index (χ0) is 19.6. The predicted octanol–water partition coefficient (Wildman–Crippen LogP) is 0.994. The maximum Gasteiger partial charge on any atom is 0.281 e. The average Bonchev–Trinajstić information content (AvgIpc) is 2.69. The summed E-state index contributed by atoms with van der Waals surface area (Å²) in [6, 6.07) is 7.54. The highest BCUT2D eigenvalue weighted by Gasteiger charge is 2.22. The molecule has 0 spiro atoms. The van der Waals surface area contributed by atoms with Crippen molar-refractivity contribution in [2.45, 2.75) is 32.2 Å². The van der Waals surface area contributed by atoms with Crippen molar-refractivity contribution in [3.63, 3.8) is 0 Å². The van der Waals surface area contributed by atoms with E-state index in [0.29, 0.717) is 25.3 Å². The topological polar surface area (TPSA) is 63.1 Å². The average molecular weight is 375 g/mol. The van der Waals surface area contributed by atoms with Crippen LogP contribution in [0.3, 0.4) is 0 Å². The number of quaternary nitrogens is 1. The van der Waals surface area contributed by atoms with Crippen LogP contribution >= 0.6 is 0 Å². The molecule has 27 heavy (non-hydrogen) atoms. The highest BCUT2D eigenvalue weighted by Crippen LogP contribution is 2.20. The van der Waals surface area contributed by atoms with E-state index in [1.165, 1.54) is 6.42 Å². The van der Waals surface area contributed by atoms with Gasteiger partial charge in [-0.05, 0) is 37.8 Å². The minimum absolute atomic E-state index is 0.0908. The van der Waals surface area contributed by atoms with E-state index in [0.717, 1.165) is 42.0 Å². The predicted molar refractivity (Wildman–Crippen MR) is 105 cm³/mol. The van der Waals surface area contributed by atoms with Crippen LogP contribution in [-0.4, -0.2) is 57.6 Å². The van der Waals surface area contributed by atoms with Crippen molar-refractivity contribution in [1.29, 1.82) is 0 Å². The van der Waals surface area contributed by atoms with E-state index in [2.05, 4.69) is 11.4 Å². The highest BCUT2D eigenvalue weighted by molar-refractivity contribution is 5.93. The molecule has 1 unspecified atom stereocenters. The third kappa shape index (κ3) is 6.48. The standard InChI is InChI=1S/C21H31N3O3/c1-22-21(26)18-11-9-17(10-12-18)15-23(2)16-20(25)24(13-14-27-3)19-7-5-4-6-8-19/h7,9-12H,4-6,8,13-16H2,1-3H3,(H,22,26)/p+1. The van der Waals surface area contributed by atoms with Crippen LogP contribution < -0.4 is 10.2 Å². The summed E-state index contributed by atoms with van der Waals surface area (Å²) in [6.45, 7) is 2.31. The Hall–Kier alpha value is -2.18. The summed E-state index contributed by atoms with van der Waals surface area (Å²) in [5.41, 5.74) is 2.89. The largest absolute Gasteiger partial charge is 0.383 e. The molecular weight excluding hydrogens is 342 g/mol.